The van der Waals surface area contributed by atoms with E-state index in [-0.39, 0.29) is 11.9 Å². The molecular weight excluding hydrogens is 447 g/mol. The molecule has 5 aromatic rings. The highest BCUT2D eigenvalue weighted by Crippen LogP contribution is 2.29. The van der Waals surface area contributed by atoms with Crippen molar-refractivity contribution in [2.24, 2.45) is 0 Å². The van der Waals surface area contributed by atoms with Gasteiger partial charge in [-0.2, -0.15) is 4.98 Å². The lowest BCUT2D eigenvalue weighted by Crippen LogP contribution is -2.37. The van der Waals surface area contributed by atoms with Gasteiger partial charge in [-0.25, -0.2) is 14.4 Å². The van der Waals surface area contributed by atoms with Crippen molar-refractivity contribution in [3.05, 3.63) is 90.5 Å². The second-order valence-corrected chi connectivity index (χ2v) is 8.48. The highest BCUT2D eigenvalue weighted by Gasteiger charge is 2.34. The number of hydrogen-bond donors (Lipinski definition) is 0. The minimum atomic E-state index is -0.431. The summed E-state index contributed by atoms with van der Waals surface area (Å²) >= 11 is 0. The second kappa shape index (κ2) is 8.75. The minimum absolute atomic E-state index is 0.0922. The van der Waals surface area contributed by atoms with Crippen molar-refractivity contribution in [3.8, 4) is 22.8 Å². The zero-order chi connectivity index (χ0) is 23.8. The average molecular weight is 468 g/mol. The highest BCUT2D eigenvalue weighted by atomic mass is 19.1. The molecule has 5 heterocycles. The molecule has 1 aliphatic heterocycles. The Bertz CT molecular complexity index is 1500. The summed E-state index contributed by atoms with van der Waals surface area (Å²) in [5.41, 5.74) is 3.28. The van der Waals surface area contributed by atoms with Crippen LogP contribution in [0.3, 0.4) is 0 Å². The molecule has 1 atom stereocenters. The Balaban J connectivity index is 1.29. The summed E-state index contributed by atoms with van der Waals surface area (Å²) in [6.45, 7) is 0.631. The molecule has 35 heavy (non-hydrogen) atoms. The molecule has 4 aromatic heterocycles. The van der Waals surface area contributed by atoms with E-state index in [4.69, 9.17) is 9.51 Å². The number of rotatable bonds is 5. The third-order valence-electron chi connectivity index (χ3n) is 6.25. The Kier molecular flexibility index (Phi) is 5.29. The maximum Gasteiger partial charge on any atom is 0.275 e. The molecule has 1 aromatic carbocycles. The maximum absolute atomic E-state index is 13.8. The van der Waals surface area contributed by atoms with Gasteiger partial charge in [-0.1, -0.05) is 41.6 Å². The standard InChI is InChI=1S/C26H21FN6O2/c27-18-11-12-20(28-16-18)25-30-22(35-31-25)15-19-9-6-14-32(19)26(34)23-24(17-7-2-1-3-8-17)33-13-5-4-10-21(33)29-23/h1-5,7-8,10-13,16,19H,6,9,14-15H2. The van der Waals surface area contributed by atoms with Gasteiger partial charge in [0, 0.05) is 30.8 Å². The lowest BCUT2D eigenvalue weighted by molar-refractivity contribution is 0.0727. The maximum atomic E-state index is 13.8. The summed E-state index contributed by atoms with van der Waals surface area (Å²) in [6, 6.07) is 18.3. The number of carbonyl (C=O) groups excluding carboxylic acids is 1. The van der Waals surface area contributed by atoms with E-state index in [2.05, 4.69) is 15.1 Å². The first-order valence-corrected chi connectivity index (χ1v) is 11.5. The number of aromatic nitrogens is 5. The number of carbonyl (C=O) groups is 1. The van der Waals surface area contributed by atoms with Crippen LogP contribution in [-0.2, 0) is 6.42 Å². The molecule has 0 radical (unpaired) electrons. The predicted molar refractivity (Wildman–Crippen MR) is 126 cm³/mol. The van der Waals surface area contributed by atoms with E-state index in [1.54, 1.807) is 0 Å². The molecule has 9 heteroatoms. The van der Waals surface area contributed by atoms with Crippen molar-refractivity contribution in [1.82, 2.24) is 29.4 Å². The van der Waals surface area contributed by atoms with Gasteiger partial charge in [0.1, 0.15) is 17.2 Å². The van der Waals surface area contributed by atoms with Gasteiger partial charge in [0.25, 0.3) is 5.91 Å². The minimum Gasteiger partial charge on any atom is -0.339 e. The molecule has 1 aliphatic rings. The Morgan fingerprint density at radius 2 is 1.91 bits per heavy atom. The molecule has 0 bridgehead atoms. The average Bonchev–Trinajstić information content (AvgIpc) is 3.63. The zero-order valence-electron chi connectivity index (χ0n) is 18.7. The van der Waals surface area contributed by atoms with Crippen LogP contribution in [0.4, 0.5) is 4.39 Å². The van der Waals surface area contributed by atoms with Gasteiger partial charge in [-0.3, -0.25) is 9.20 Å². The first-order chi connectivity index (χ1) is 17.2. The lowest BCUT2D eigenvalue weighted by Gasteiger charge is -2.23. The third kappa shape index (κ3) is 3.95. The van der Waals surface area contributed by atoms with E-state index in [1.165, 1.54) is 12.1 Å². The third-order valence-corrected chi connectivity index (χ3v) is 6.25. The van der Waals surface area contributed by atoms with Crippen LogP contribution >= 0.6 is 0 Å². The number of hydrogen-bond acceptors (Lipinski definition) is 6. The summed E-state index contributed by atoms with van der Waals surface area (Å²) in [5, 5.41) is 3.98. The Labute approximate surface area is 200 Å². The van der Waals surface area contributed by atoms with Gasteiger partial charge in [-0.05, 0) is 37.1 Å². The van der Waals surface area contributed by atoms with E-state index >= 15 is 0 Å². The first-order valence-electron chi connectivity index (χ1n) is 11.5. The van der Waals surface area contributed by atoms with Gasteiger partial charge in [0.05, 0.1) is 11.9 Å². The molecule has 1 amide bonds. The smallest absolute Gasteiger partial charge is 0.275 e. The number of amides is 1. The van der Waals surface area contributed by atoms with E-state index in [0.717, 1.165) is 35.9 Å². The fourth-order valence-electron chi connectivity index (χ4n) is 4.62. The van der Waals surface area contributed by atoms with Crippen LogP contribution in [0, 0.1) is 5.82 Å². The number of fused-ring (bicyclic) bond motifs is 1. The van der Waals surface area contributed by atoms with E-state index < -0.39 is 5.82 Å². The highest BCUT2D eigenvalue weighted by molar-refractivity contribution is 5.99. The summed E-state index contributed by atoms with van der Waals surface area (Å²) in [7, 11) is 0. The largest absolute Gasteiger partial charge is 0.339 e. The molecule has 8 nitrogen and oxygen atoms in total. The first kappa shape index (κ1) is 21.2. The summed E-state index contributed by atoms with van der Waals surface area (Å²) in [4.78, 5) is 28.8. The Hall–Kier alpha value is -4.40. The zero-order valence-corrected chi connectivity index (χ0v) is 18.7. The number of benzene rings is 1. The topological polar surface area (TPSA) is 89.4 Å². The van der Waals surface area contributed by atoms with Crippen LogP contribution in [0.25, 0.3) is 28.4 Å². The van der Waals surface area contributed by atoms with Gasteiger partial charge < -0.3 is 9.42 Å². The molecule has 0 aliphatic carbocycles. The van der Waals surface area contributed by atoms with Crippen LogP contribution in [0.15, 0.2) is 77.6 Å². The summed E-state index contributed by atoms with van der Waals surface area (Å²) in [5.74, 6) is 0.158. The van der Waals surface area contributed by atoms with Crippen molar-refractivity contribution >= 4 is 11.6 Å². The number of nitrogens with zero attached hydrogens (tertiary/aromatic N) is 6. The number of pyridine rings is 2. The molecule has 1 fully saturated rings. The van der Waals surface area contributed by atoms with Crippen LogP contribution in [-0.4, -0.2) is 47.9 Å². The van der Waals surface area contributed by atoms with Crippen molar-refractivity contribution in [2.75, 3.05) is 6.54 Å². The molecular formula is C26H21FN6O2. The van der Waals surface area contributed by atoms with E-state index in [9.17, 15) is 9.18 Å². The van der Waals surface area contributed by atoms with Crippen molar-refractivity contribution in [1.29, 1.82) is 0 Å². The molecule has 1 saturated heterocycles. The van der Waals surface area contributed by atoms with Crippen LogP contribution in [0.2, 0.25) is 0 Å². The van der Waals surface area contributed by atoms with Crippen molar-refractivity contribution in [2.45, 2.75) is 25.3 Å². The Morgan fingerprint density at radius 3 is 2.74 bits per heavy atom. The molecule has 0 N–H and O–H groups in total. The fourth-order valence-corrected chi connectivity index (χ4v) is 4.62. The molecule has 0 saturated carbocycles. The number of imidazole rings is 1. The van der Waals surface area contributed by atoms with E-state index in [0.29, 0.717) is 36.1 Å². The second-order valence-electron chi connectivity index (χ2n) is 8.48. The molecule has 6 rings (SSSR count). The summed E-state index contributed by atoms with van der Waals surface area (Å²) in [6.07, 6.45) is 5.17. The number of halogens is 1. The fraction of sp³-hybridized carbons (Fsp3) is 0.192. The monoisotopic (exact) mass is 468 g/mol. The van der Waals surface area contributed by atoms with Crippen molar-refractivity contribution in [3.63, 3.8) is 0 Å². The Morgan fingerprint density at radius 1 is 1.06 bits per heavy atom. The van der Waals surface area contributed by atoms with E-state index in [1.807, 2.05) is 64.0 Å². The molecule has 174 valence electrons. The van der Waals surface area contributed by atoms with Gasteiger partial charge >= 0.3 is 0 Å². The van der Waals surface area contributed by atoms with Gasteiger partial charge in [0.15, 0.2) is 5.69 Å². The summed E-state index contributed by atoms with van der Waals surface area (Å²) < 4.78 is 20.6. The van der Waals surface area contributed by atoms with Crippen LogP contribution < -0.4 is 0 Å². The lowest BCUT2D eigenvalue weighted by atomic mass is 10.1. The van der Waals surface area contributed by atoms with Crippen LogP contribution in [0.5, 0.6) is 0 Å². The normalized spacial score (nSPS) is 15.7. The molecule has 0 spiro atoms. The van der Waals surface area contributed by atoms with Crippen molar-refractivity contribution < 1.29 is 13.7 Å². The van der Waals surface area contributed by atoms with Gasteiger partial charge in [0.2, 0.25) is 11.7 Å². The predicted octanol–water partition coefficient (Wildman–Crippen LogP) is 4.43. The number of likely N-dealkylation sites (tertiary alicyclic amines) is 1. The quantitative estimate of drug-likeness (QED) is 0.379. The SMILES string of the molecule is O=C(c1nc2ccccn2c1-c1ccccc1)N1CCCC1Cc1nc(-c2ccc(F)cn2)no1. The van der Waals surface area contributed by atoms with Crippen LogP contribution in [0.1, 0.15) is 29.2 Å². The van der Waals surface area contributed by atoms with Gasteiger partial charge in [-0.15, -0.1) is 0 Å². The molecule has 1 unspecified atom stereocenters.